The fourth-order valence-corrected chi connectivity index (χ4v) is 3.67. The first-order chi connectivity index (χ1) is 12.1. The van der Waals surface area contributed by atoms with Crippen molar-refractivity contribution >= 4 is 28.7 Å². The number of nitrogens with zero attached hydrogens (tertiary/aromatic N) is 3. The molecule has 2 aromatic carbocycles. The topological polar surface area (TPSA) is 38.1 Å². The van der Waals surface area contributed by atoms with Crippen molar-refractivity contribution in [3.63, 3.8) is 0 Å². The number of thioether (sulfide) groups is 1. The second-order valence-electron chi connectivity index (χ2n) is 6.33. The van der Waals surface area contributed by atoms with Crippen LogP contribution in [0.1, 0.15) is 19.4 Å². The molecule has 0 bridgehead atoms. The molecule has 0 spiro atoms. The molecule has 1 aromatic heterocycles. The maximum atomic E-state index is 12.8. The fourth-order valence-electron chi connectivity index (χ4n) is 2.80. The van der Waals surface area contributed by atoms with Gasteiger partial charge in [-0.1, -0.05) is 54.2 Å². The van der Waals surface area contributed by atoms with Gasteiger partial charge in [0.15, 0.2) is 5.16 Å². The lowest BCUT2D eigenvalue weighted by molar-refractivity contribution is -0.130. The minimum Gasteiger partial charge on any atom is -0.335 e. The molecule has 0 unspecified atom stereocenters. The predicted molar refractivity (Wildman–Crippen MR) is 104 cm³/mol. The summed E-state index contributed by atoms with van der Waals surface area (Å²) in [5, 5.41) is 0.873. The first-order valence-corrected chi connectivity index (χ1v) is 9.42. The number of rotatable bonds is 6. The molecule has 0 saturated heterocycles. The van der Waals surface area contributed by atoms with Gasteiger partial charge in [0.05, 0.1) is 16.8 Å². The summed E-state index contributed by atoms with van der Waals surface area (Å²) in [7, 11) is 1.99. The maximum Gasteiger partial charge on any atom is 0.233 e. The molecule has 0 saturated carbocycles. The van der Waals surface area contributed by atoms with E-state index in [1.54, 1.807) is 0 Å². The van der Waals surface area contributed by atoms with Gasteiger partial charge in [0, 0.05) is 19.6 Å². The molecule has 0 N–H and O–H groups in total. The third-order valence-corrected chi connectivity index (χ3v) is 5.22. The quantitative estimate of drug-likeness (QED) is 0.626. The van der Waals surface area contributed by atoms with Gasteiger partial charge < -0.3 is 9.47 Å². The van der Waals surface area contributed by atoms with Crippen molar-refractivity contribution in [2.75, 3.05) is 5.75 Å². The summed E-state index contributed by atoms with van der Waals surface area (Å²) in [6.45, 7) is 4.75. The molecule has 5 heteroatoms. The van der Waals surface area contributed by atoms with E-state index in [-0.39, 0.29) is 11.9 Å². The third kappa shape index (κ3) is 4.04. The summed E-state index contributed by atoms with van der Waals surface area (Å²) in [4.78, 5) is 19.3. The molecule has 1 heterocycles. The third-order valence-electron chi connectivity index (χ3n) is 4.21. The van der Waals surface area contributed by atoms with Crippen molar-refractivity contribution in [3.05, 3.63) is 60.2 Å². The zero-order valence-corrected chi connectivity index (χ0v) is 15.7. The van der Waals surface area contributed by atoms with Crippen LogP contribution in [0.4, 0.5) is 0 Å². The van der Waals surface area contributed by atoms with Crippen LogP contribution in [0.3, 0.4) is 0 Å². The fraction of sp³-hybridized carbons (Fsp3) is 0.300. The molecule has 0 aliphatic carbocycles. The Labute approximate surface area is 152 Å². The maximum absolute atomic E-state index is 12.8. The number of aryl methyl sites for hydroxylation is 1. The van der Waals surface area contributed by atoms with Gasteiger partial charge in [-0.3, -0.25) is 4.79 Å². The Bertz CT molecular complexity index is 858. The van der Waals surface area contributed by atoms with Crippen LogP contribution in [0.15, 0.2) is 59.8 Å². The Balaban J connectivity index is 1.69. The lowest BCUT2D eigenvalue weighted by atomic mass is 10.2. The first kappa shape index (κ1) is 17.5. The number of aromatic nitrogens is 2. The molecule has 0 fully saturated rings. The number of para-hydroxylation sites is 2. The Kier molecular flexibility index (Phi) is 5.43. The van der Waals surface area contributed by atoms with E-state index >= 15 is 0 Å². The molecule has 0 radical (unpaired) electrons. The van der Waals surface area contributed by atoms with Crippen LogP contribution >= 0.6 is 11.8 Å². The van der Waals surface area contributed by atoms with Crippen molar-refractivity contribution in [1.82, 2.24) is 14.5 Å². The van der Waals surface area contributed by atoms with E-state index in [0.717, 1.165) is 21.8 Å². The van der Waals surface area contributed by atoms with Crippen LogP contribution in [0.5, 0.6) is 0 Å². The van der Waals surface area contributed by atoms with Gasteiger partial charge in [-0.05, 0) is 31.5 Å². The normalized spacial score (nSPS) is 11.2. The highest BCUT2D eigenvalue weighted by Crippen LogP contribution is 2.23. The van der Waals surface area contributed by atoms with Crippen molar-refractivity contribution in [2.45, 2.75) is 31.6 Å². The summed E-state index contributed by atoms with van der Waals surface area (Å²) >= 11 is 1.50. The Morgan fingerprint density at radius 2 is 1.80 bits per heavy atom. The molecule has 130 valence electrons. The minimum absolute atomic E-state index is 0.135. The SMILES string of the molecule is CC(C)N(Cc1ccccc1)C(=O)CSc1nc2ccccc2n1C. The van der Waals surface area contributed by atoms with E-state index in [0.29, 0.717) is 12.3 Å². The summed E-state index contributed by atoms with van der Waals surface area (Å²) in [5.41, 5.74) is 3.20. The summed E-state index contributed by atoms with van der Waals surface area (Å²) in [6.07, 6.45) is 0. The second-order valence-corrected chi connectivity index (χ2v) is 7.27. The summed E-state index contributed by atoms with van der Waals surface area (Å²) in [6, 6.07) is 18.3. The Morgan fingerprint density at radius 1 is 1.12 bits per heavy atom. The van der Waals surface area contributed by atoms with E-state index < -0.39 is 0 Å². The van der Waals surface area contributed by atoms with Gasteiger partial charge in [-0.15, -0.1) is 0 Å². The number of carbonyl (C=O) groups excluding carboxylic acids is 1. The van der Waals surface area contributed by atoms with Crippen molar-refractivity contribution in [2.24, 2.45) is 7.05 Å². The lowest BCUT2D eigenvalue weighted by Gasteiger charge is -2.26. The number of carbonyl (C=O) groups is 1. The smallest absolute Gasteiger partial charge is 0.233 e. The molecule has 1 amide bonds. The van der Waals surface area contributed by atoms with E-state index in [4.69, 9.17) is 0 Å². The van der Waals surface area contributed by atoms with Crippen LogP contribution in [0.25, 0.3) is 11.0 Å². The number of imidazole rings is 1. The number of hydrogen-bond acceptors (Lipinski definition) is 3. The van der Waals surface area contributed by atoms with Crippen LogP contribution in [-0.4, -0.2) is 32.2 Å². The number of benzene rings is 2. The standard InChI is InChI=1S/C20H23N3OS/c1-15(2)23(13-16-9-5-4-6-10-16)19(24)14-25-20-21-17-11-7-8-12-18(17)22(20)3/h4-12,15H,13-14H2,1-3H3. The van der Waals surface area contributed by atoms with Crippen molar-refractivity contribution in [1.29, 1.82) is 0 Å². The van der Waals surface area contributed by atoms with E-state index in [9.17, 15) is 4.79 Å². The summed E-state index contributed by atoms with van der Waals surface area (Å²) < 4.78 is 2.05. The van der Waals surface area contributed by atoms with E-state index in [2.05, 4.69) is 31.0 Å². The van der Waals surface area contributed by atoms with Crippen LogP contribution in [0.2, 0.25) is 0 Å². The van der Waals surface area contributed by atoms with E-state index in [1.807, 2.05) is 59.0 Å². The van der Waals surface area contributed by atoms with Crippen LogP contribution < -0.4 is 0 Å². The van der Waals surface area contributed by atoms with Gasteiger partial charge in [0.1, 0.15) is 0 Å². The Hall–Kier alpha value is -2.27. The predicted octanol–water partition coefficient (Wildman–Crippen LogP) is 4.10. The highest BCUT2D eigenvalue weighted by molar-refractivity contribution is 7.99. The van der Waals surface area contributed by atoms with Crippen LogP contribution in [-0.2, 0) is 18.4 Å². The van der Waals surface area contributed by atoms with Gasteiger partial charge in [0.25, 0.3) is 0 Å². The Morgan fingerprint density at radius 3 is 2.48 bits per heavy atom. The van der Waals surface area contributed by atoms with E-state index in [1.165, 1.54) is 11.8 Å². The lowest BCUT2D eigenvalue weighted by Crippen LogP contribution is -2.37. The average Bonchev–Trinajstić information content (AvgIpc) is 2.94. The average molecular weight is 353 g/mol. The molecular weight excluding hydrogens is 330 g/mol. The molecule has 0 aliphatic rings. The monoisotopic (exact) mass is 353 g/mol. The van der Waals surface area contributed by atoms with Crippen molar-refractivity contribution in [3.8, 4) is 0 Å². The molecule has 0 aliphatic heterocycles. The molecule has 25 heavy (non-hydrogen) atoms. The molecule has 0 atom stereocenters. The minimum atomic E-state index is 0.135. The van der Waals surface area contributed by atoms with Gasteiger partial charge >= 0.3 is 0 Å². The molecule has 4 nitrogen and oxygen atoms in total. The number of fused-ring (bicyclic) bond motifs is 1. The zero-order valence-electron chi connectivity index (χ0n) is 14.8. The highest BCUT2D eigenvalue weighted by atomic mass is 32.2. The van der Waals surface area contributed by atoms with Crippen LogP contribution in [0, 0.1) is 0 Å². The first-order valence-electron chi connectivity index (χ1n) is 8.44. The van der Waals surface area contributed by atoms with Gasteiger partial charge in [-0.25, -0.2) is 4.98 Å². The van der Waals surface area contributed by atoms with Gasteiger partial charge in [0.2, 0.25) is 5.91 Å². The molecule has 3 rings (SSSR count). The summed E-state index contributed by atoms with van der Waals surface area (Å²) in [5.74, 6) is 0.526. The molecule has 3 aromatic rings. The second kappa shape index (κ2) is 7.74. The number of hydrogen-bond donors (Lipinski definition) is 0. The van der Waals surface area contributed by atoms with Gasteiger partial charge in [-0.2, -0.15) is 0 Å². The highest BCUT2D eigenvalue weighted by Gasteiger charge is 2.19. The van der Waals surface area contributed by atoms with Crippen molar-refractivity contribution < 1.29 is 4.79 Å². The zero-order chi connectivity index (χ0) is 17.8. The molecular formula is C20H23N3OS. The number of amides is 1. The largest absolute Gasteiger partial charge is 0.335 e.